The van der Waals surface area contributed by atoms with Crippen LogP contribution >= 0.6 is 0 Å². The molecule has 6 nitrogen and oxygen atoms in total. The summed E-state index contributed by atoms with van der Waals surface area (Å²) in [5.41, 5.74) is 7.04. The number of carbonyl (C=O) groups is 1. The van der Waals surface area contributed by atoms with E-state index in [9.17, 15) is 9.18 Å². The Kier molecular flexibility index (Phi) is 3.86. The SMILES string of the molecule is CC(=O)Nc1on[n+](Cc2ccc(F)cc2)c1CN. The van der Waals surface area contributed by atoms with Crippen LogP contribution in [0.1, 0.15) is 18.2 Å². The first kappa shape index (κ1) is 13.2. The molecular weight excluding hydrogens is 251 g/mol. The van der Waals surface area contributed by atoms with Gasteiger partial charge in [-0.15, -0.1) is 0 Å². The first-order valence-corrected chi connectivity index (χ1v) is 5.71. The van der Waals surface area contributed by atoms with E-state index in [0.717, 1.165) is 5.56 Å². The summed E-state index contributed by atoms with van der Waals surface area (Å²) in [5.74, 6) is -0.330. The molecule has 1 heterocycles. The minimum atomic E-state index is -0.299. The Balaban J connectivity index is 2.22. The standard InChI is InChI=1S/C12H13FN4O2/c1-8(18)15-12-11(6-14)17(16-19-12)7-9-2-4-10(13)5-3-9/h2-5H,6-7,14H2,1H3/p+1. The van der Waals surface area contributed by atoms with Crippen molar-refractivity contribution in [3.63, 3.8) is 0 Å². The molecule has 2 aromatic rings. The van der Waals surface area contributed by atoms with Gasteiger partial charge in [-0.2, -0.15) is 0 Å². The summed E-state index contributed by atoms with van der Waals surface area (Å²) >= 11 is 0. The third-order valence-corrected chi connectivity index (χ3v) is 2.53. The molecule has 0 aliphatic carbocycles. The average molecular weight is 265 g/mol. The monoisotopic (exact) mass is 265 g/mol. The third-order valence-electron chi connectivity index (χ3n) is 2.53. The zero-order valence-corrected chi connectivity index (χ0v) is 10.4. The summed E-state index contributed by atoms with van der Waals surface area (Å²) in [6.07, 6.45) is 0. The number of halogens is 1. The highest BCUT2D eigenvalue weighted by Gasteiger charge is 2.24. The maximum atomic E-state index is 12.8. The smallest absolute Gasteiger partial charge is 0.306 e. The zero-order chi connectivity index (χ0) is 13.8. The molecule has 0 radical (unpaired) electrons. The van der Waals surface area contributed by atoms with Gasteiger partial charge in [-0.1, -0.05) is 0 Å². The van der Waals surface area contributed by atoms with Gasteiger partial charge in [0.2, 0.25) is 17.7 Å². The molecule has 7 heteroatoms. The van der Waals surface area contributed by atoms with Gasteiger partial charge in [0.15, 0.2) is 0 Å². The summed E-state index contributed by atoms with van der Waals surface area (Å²) in [6, 6.07) is 6.03. The van der Waals surface area contributed by atoms with Crippen LogP contribution in [0.4, 0.5) is 10.3 Å². The number of carbonyl (C=O) groups excluding carboxylic acids is 1. The van der Waals surface area contributed by atoms with Gasteiger partial charge in [0.05, 0.1) is 6.54 Å². The molecule has 100 valence electrons. The van der Waals surface area contributed by atoms with Crippen molar-refractivity contribution in [1.29, 1.82) is 0 Å². The van der Waals surface area contributed by atoms with Gasteiger partial charge < -0.3 is 5.73 Å². The number of hydrogen-bond acceptors (Lipinski definition) is 4. The summed E-state index contributed by atoms with van der Waals surface area (Å²) in [7, 11) is 0. The maximum absolute atomic E-state index is 12.8. The second-order valence-electron chi connectivity index (χ2n) is 4.02. The van der Waals surface area contributed by atoms with Crippen molar-refractivity contribution in [1.82, 2.24) is 5.27 Å². The van der Waals surface area contributed by atoms with Crippen LogP contribution in [0.5, 0.6) is 0 Å². The lowest BCUT2D eigenvalue weighted by Gasteiger charge is -1.96. The lowest BCUT2D eigenvalue weighted by atomic mass is 10.2. The first-order valence-electron chi connectivity index (χ1n) is 5.71. The van der Waals surface area contributed by atoms with E-state index in [0.29, 0.717) is 12.2 Å². The Morgan fingerprint density at radius 1 is 1.47 bits per heavy atom. The first-order chi connectivity index (χ1) is 9.10. The van der Waals surface area contributed by atoms with Gasteiger partial charge in [0, 0.05) is 12.5 Å². The number of hydrogen-bond donors (Lipinski definition) is 2. The van der Waals surface area contributed by atoms with Crippen molar-refractivity contribution >= 4 is 11.8 Å². The molecule has 3 N–H and O–H groups in total. The van der Waals surface area contributed by atoms with Crippen molar-refractivity contribution in [3.05, 3.63) is 41.3 Å². The van der Waals surface area contributed by atoms with Crippen LogP contribution in [-0.2, 0) is 17.9 Å². The van der Waals surface area contributed by atoms with Gasteiger partial charge in [0.25, 0.3) is 5.69 Å². The molecule has 0 saturated heterocycles. The quantitative estimate of drug-likeness (QED) is 0.791. The van der Waals surface area contributed by atoms with Crippen molar-refractivity contribution in [3.8, 4) is 0 Å². The fourth-order valence-corrected chi connectivity index (χ4v) is 1.65. The van der Waals surface area contributed by atoms with Gasteiger partial charge in [-0.05, 0) is 28.9 Å². The lowest BCUT2D eigenvalue weighted by molar-refractivity contribution is -0.760. The summed E-state index contributed by atoms with van der Waals surface area (Å²) < 4.78 is 19.4. The van der Waals surface area contributed by atoms with Crippen molar-refractivity contribution in [2.45, 2.75) is 20.0 Å². The van der Waals surface area contributed by atoms with Crippen LogP contribution in [0.3, 0.4) is 0 Å². The van der Waals surface area contributed by atoms with Crippen LogP contribution in [-0.4, -0.2) is 11.2 Å². The Morgan fingerprint density at radius 2 is 2.16 bits per heavy atom. The fourth-order valence-electron chi connectivity index (χ4n) is 1.65. The molecule has 0 saturated carbocycles. The number of aromatic nitrogens is 2. The minimum Gasteiger partial charge on any atom is -0.321 e. The maximum Gasteiger partial charge on any atom is 0.306 e. The fraction of sp³-hybridized carbons (Fsp3) is 0.250. The van der Waals surface area contributed by atoms with Crippen molar-refractivity contribution < 1.29 is 18.4 Å². The molecular formula is C12H14FN4O2+. The Morgan fingerprint density at radius 3 is 2.74 bits per heavy atom. The molecule has 0 aliphatic heterocycles. The van der Waals surface area contributed by atoms with Crippen molar-refractivity contribution in [2.75, 3.05) is 5.32 Å². The van der Waals surface area contributed by atoms with E-state index in [2.05, 4.69) is 10.6 Å². The van der Waals surface area contributed by atoms with E-state index in [4.69, 9.17) is 10.3 Å². The second-order valence-corrected chi connectivity index (χ2v) is 4.02. The van der Waals surface area contributed by atoms with Gasteiger partial charge in [-0.25, -0.2) is 4.39 Å². The van der Waals surface area contributed by atoms with E-state index in [1.165, 1.54) is 23.7 Å². The molecule has 2 rings (SSSR count). The number of benzene rings is 1. The third kappa shape index (κ3) is 3.14. The second kappa shape index (κ2) is 5.57. The highest BCUT2D eigenvalue weighted by molar-refractivity contribution is 5.87. The highest BCUT2D eigenvalue weighted by Crippen LogP contribution is 2.10. The predicted octanol–water partition coefficient (Wildman–Crippen LogP) is 0.567. The summed E-state index contributed by atoms with van der Waals surface area (Å²) in [4.78, 5) is 11.0. The minimum absolute atomic E-state index is 0.167. The molecule has 0 atom stereocenters. The predicted molar refractivity (Wildman–Crippen MR) is 64.4 cm³/mol. The topological polar surface area (TPSA) is 85.0 Å². The number of anilines is 1. The summed E-state index contributed by atoms with van der Waals surface area (Å²) in [5, 5.41) is 6.32. The molecule has 1 aromatic carbocycles. The van der Waals surface area contributed by atoms with Crippen LogP contribution < -0.4 is 15.7 Å². The Bertz CT molecular complexity index is 580. The van der Waals surface area contributed by atoms with Gasteiger partial charge >= 0.3 is 5.88 Å². The molecule has 1 amide bonds. The van der Waals surface area contributed by atoms with Crippen LogP contribution in [0.25, 0.3) is 0 Å². The van der Waals surface area contributed by atoms with Crippen LogP contribution in [0.2, 0.25) is 0 Å². The molecule has 0 aliphatic rings. The molecule has 0 fully saturated rings. The van der Waals surface area contributed by atoms with E-state index >= 15 is 0 Å². The average Bonchev–Trinajstić information content (AvgIpc) is 2.73. The van der Waals surface area contributed by atoms with Gasteiger partial charge in [-0.3, -0.25) is 14.6 Å². The Hall–Kier alpha value is -2.28. The van der Waals surface area contributed by atoms with Crippen LogP contribution in [0, 0.1) is 5.82 Å². The van der Waals surface area contributed by atoms with Gasteiger partial charge in [0.1, 0.15) is 5.82 Å². The molecule has 0 bridgehead atoms. The molecule has 1 aromatic heterocycles. The number of rotatable bonds is 4. The summed E-state index contributed by atoms with van der Waals surface area (Å²) in [6.45, 7) is 1.92. The number of nitrogens with one attached hydrogen (secondary N) is 1. The van der Waals surface area contributed by atoms with E-state index < -0.39 is 0 Å². The molecule has 0 spiro atoms. The zero-order valence-electron chi connectivity index (χ0n) is 10.4. The van der Waals surface area contributed by atoms with E-state index in [-0.39, 0.29) is 24.2 Å². The number of amides is 1. The number of nitrogens with two attached hydrogens (primary N) is 1. The lowest BCUT2D eigenvalue weighted by Crippen LogP contribution is -2.41. The normalized spacial score (nSPS) is 10.5. The van der Waals surface area contributed by atoms with E-state index in [1.54, 1.807) is 12.1 Å². The van der Waals surface area contributed by atoms with Crippen LogP contribution in [0.15, 0.2) is 28.8 Å². The van der Waals surface area contributed by atoms with E-state index in [1.807, 2.05) is 0 Å². The number of nitrogens with zero attached hydrogens (tertiary/aromatic N) is 2. The molecule has 0 unspecified atom stereocenters. The van der Waals surface area contributed by atoms with Crippen molar-refractivity contribution in [2.24, 2.45) is 5.73 Å². The Labute approximate surface area is 109 Å². The highest BCUT2D eigenvalue weighted by atomic mass is 19.1. The largest absolute Gasteiger partial charge is 0.321 e. The molecule has 19 heavy (non-hydrogen) atoms.